The van der Waals surface area contributed by atoms with E-state index in [1.807, 2.05) is 6.92 Å². The summed E-state index contributed by atoms with van der Waals surface area (Å²) in [6, 6.07) is 3.51. The third-order valence-electron chi connectivity index (χ3n) is 2.19. The zero-order valence-corrected chi connectivity index (χ0v) is 9.66. The van der Waals surface area contributed by atoms with E-state index in [1.54, 1.807) is 26.4 Å². The molecule has 0 aromatic heterocycles. The zero-order chi connectivity index (χ0) is 12.1. The van der Waals surface area contributed by atoms with E-state index in [0.29, 0.717) is 17.2 Å². The smallest absolute Gasteiger partial charge is 0.238 e. The van der Waals surface area contributed by atoms with E-state index in [4.69, 9.17) is 15.2 Å². The summed E-state index contributed by atoms with van der Waals surface area (Å²) in [6.07, 6.45) is 0. The number of hydrogen-bond donors (Lipinski definition) is 2. The van der Waals surface area contributed by atoms with Crippen molar-refractivity contribution >= 4 is 11.6 Å². The highest BCUT2D eigenvalue weighted by molar-refractivity contribution is 5.93. The van der Waals surface area contributed by atoms with Crippen molar-refractivity contribution in [2.75, 3.05) is 26.1 Å². The van der Waals surface area contributed by atoms with Gasteiger partial charge in [-0.15, -0.1) is 0 Å². The minimum Gasteiger partial charge on any atom is -0.493 e. The van der Waals surface area contributed by atoms with Gasteiger partial charge in [0.1, 0.15) is 0 Å². The molecular weight excluding hydrogens is 208 g/mol. The average molecular weight is 224 g/mol. The van der Waals surface area contributed by atoms with E-state index >= 15 is 0 Å². The molecule has 0 saturated carbocycles. The molecule has 3 N–H and O–H groups in total. The first-order valence-electron chi connectivity index (χ1n) is 4.85. The van der Waals surface area contributed by atoms with Crippen molar-refractivity contribution in [1.82, 2.24) is 0 Å². The van der Waals surface area contributed by atoms with Gasteiger partial charge in [0.05, 0.1) is 20.8 Å². The Hall–Kier alpha value is -1.75. The van der Waals surface area contributed by atoms with Crippen LogP contribution in [0.15, 0.2) is 12.1 Å². The highest BCUT2D eigenvalue weighted by Crippen LogP contribution is 2.32. The maximum absolute atomic E-state index is 11.2. The molecule has 0 radical (unpaired) electrons. The summed E-state index contributed by atoms with van der Waals surface area (Å²) in [5.41, 5.74) is 6.79. The Morgan fingerprint density at radius 1 is 1.31 bits per heavy atom. The van der Waals surface area contributed by atoms with Gasteiger partial charge in [-0.25, -0.2) is 0 Å². The Kier molecular flexibility index (Phi) is 4.13. The Bertz CT molecular complexity index is 391. The van der Waals surface area contributed by atoms with Crippen molar-refractivity contribution in [1.29, 1.82) is 0 Å². The highest BCUT2D eigenvalue weighted by atomic mass is 16.5. The fourth-order valence-electron chi connectivity index (χ4n) is 1.32. The first-order valence-corrected chi connectivity index (χ1v) is 4.85. The van der Waals surface area contributed by atoms with Crippen LogP contribution in [0.2, 0.25) is 0 Å². The summed E-state index contributed by atoms with van der Waals surface area (Å²) in [7, 11) is 3.11. The number of nitrogens with one attached hydrogen (secondary N) is 1. The van der Waals surface area contributed by atoms with Crippen molar-refractivity contribution in [2.45, 2.75) is 6.92 Å². The molecule has 0 bridgehead atoms. The van der Waals surface area contributed by atoms with Gasteiger partial charge in [0, 0.05) is 11.8 Å². The summed E-state index contributed by atoms with van der Waals surface area (Å²) in [5, 5.41) is 2.69. The molecule has 0 atom stereocenters. The van der Waals surface area contributed by atoms with E-state index in [2.05, 4.69) is 5.32 Å². The van der Waals surface area contributed by atoms with Gasteiger partial charge >= 0.3 is 0 Å². The first kappa shape index (κ1) is 12.3. The SMILES string of the molecule is COc1cc(C)c(NC(=O)CN)cc1OC. The van der Waals surface area contributed by atoms with Crippen LogP contribution in [0, 0.1) is 6.92 Å². The summed E-state index contributed by atoms with van der Waals surface area (Å²) >= 11 is 0. The average Bonchev–Trinajstić information content (AvgIpc) is 2.30. The number of nitrogens with two attached hydrogens (primary N) is 1. The number of rotatable bonds is 4. The molecule has 0 aliphatic heterocycles. The summed E-state index contributed by atoms with van der Waals surface area (Å²) < 4.78 is 10.3. The van der Waals surface area contributed by atoms with Gasteiger partial charge in [-0.05, 0) is 18.6 Å². The lowest BCUT2D eigenvalue weighted by Crippen LogP contribution is -2.22. The van der Waals surface area contributed by atoms with E-state index < -0.39 is 0 Å². The molecule has 0 spiro atoms. The summed E-state index contributed by atoms with van der Waals surface area (Å²) in [4.78, 5) is 11.2. The monoisotopic (exact) mass is 224 g/mol. The van der Waals surface area contributed by atoms with Crippen molar-refractivity contribution in [3.8, 4) is 11.5 Å². The topological polar surface area (TPSA) is 73.6 Å². The number of benzene rings is 1. The maximum atomic E-state index is 11.2. The normalized spacial score (nSPS) is 9.75. The second-order valence-corrected chi connectivity index (χ2v) is 3.27. The standard InChI is InChI=1S/C11H16N2O3/c1-7-4-9(15-2)10(16-3)5-8(7)13-11(14)6-12/h4-5H,6,12H2,1-3H3,(H,13,14). The molecule has 0 saturated heterocycles. The molecule has 0 aliphatic rings. The predicted octanol–water partition coefficient (Wildman–Crippen LogP) is 0.909. The predicted molar refractivity (Wildman–Crippen MR) is 62.0 cm³/mol. The summed E-state index contributed by atoms with van der Waals surface area (Å²) in [5.74, 6) is 0.960. The van der Waals surface area contributed by atoms with E-state index in [9.17, 15) is 4.79 Å². The van der Waals surface area contributed by atoms with Gasteiger partial charge in [-0.3, -0.25) is 4.79 Å². The molecular formula is C11H16N2O3. The van der Waals surface area contributed by atoms with Crippen LogP contribution < -0.4 is 20.5 Å². The second-order valence-electron chi connectivity index (χ2n) is 3.27. The Balaban J connectivity index is 3.06. The number of aryl methyl sites for hydroxylation is 1. The molecule has 5 nitrogen and oxygen atoms in total. The van der Waals surface area contributed by atoms with Gasteiger partial charge in [0.2, 0.25) is 5.91 Å². The molecule has 1 aromatic carbocycles. The number of anilines is 1. The Labute approximate surface area is 94.5 Å². The summed E-state index contributed by atoms with van der Waals surface area (Å²) in [6.45, 7) is 1.82. The van der Waals surface area contributed by atoms with Gasteiger partial charge in [-0.1, -0.05) is 0 Å². The molecule has 0 unspecified atom stereocenters. The van der Waals surface area contributed by atoms with Gasteiger partial charge in [0.25, 0.3) is 0 Å². The van der Waals surface area contributed by atoms with Crippen molar-refractivity contribution in [3.05, 3.63) is 17.7 Å². The van der Waals surface area contributed by atoms with E-state index in [1.165, 1.54) is 0 Å². The molecule has 16 heavy (non-hydrogen) atoms. The molecule has 1 rings (SSSR count). The number of methoxy groups -OCH3 is 2. The van der Waals surface area contributed by atoms with Crippen LogP contribution in [0.25, 0.3) is 0 Å². The van der Waals surface area contributed by atoms with Gasteiger partial charge < -0.3 is 20.5 Å². The van der Waals surface area contributed by atoms with E-state index in [-0.39, 0.29) is 12.5 Å². The molecule has 0 fully saturated rings. The quantitative estimate of drug-likeness (QED) is 0.797. The Morgan fingerprint density at radius 3 is 2.38 bits per heavy atom. The number of hydrogen-bond acceptors (Lipinski definition) is 4. The Morgan fingerprint density at radius 2 is 1.88 bits per heavy atom. The second kappa shape index (κ2) is 5.37. The van der Waals surface area contributed by atoms with Crippen LogP contribution in [-0.2, 0) is 4.79 Å². The van der Waals surface area contributed by atoms with Gasteiger partial charge in [0.15, 0.2) is 11.5 Å². The largest absolute Gasteiger partial charge is 0.493 e. The third-order valence-corrected chi connectivity index (χ3v) is 2.19. The highest BCUT2D eigenvalue weighted by Gasteiger charge is 2.09. The number of amides is 1. The van der Waals surface area contributed by atoms with Crippen LogP contribution >= 0.6 is 0 Å². The molecule has 0 aliphatic carbocycles. The minimum absolute atomic E-state index is 0.0478. The molecule has 88 valence electrons. The van der Waals surface area contributed by atoms with Crippen LogP contribution in [0.1, 0.15) is 5.56 Å². The fourth-order valence-corrected chi connectivity index (χ4v) is 1.32. The van der Waals surface area contributed by atoms with Crippen molar-refractivity contribution in [2.24, 2.45) is 5.73 Å². The zero-order valence-electron chi connectivity index (χ0n) is 9.66. The van der Waals surface area contributed by atoms with E-state index in [0.717, 1.165) is 5.56 Å². The minimum atomic E-state index is -0.240. The number of carbonyl (C=O) groups excluding carboxylic acids is 1. The van der Waals surface area contributed by atoms with Crippen molar-refractivity contribution in [3.63, 3.8) is 0 Å². The lowest BCUT2D eigenvalue weighted by Gasteiger charge is -2.13. The van der Waals surface area contributed by atoms with Crippen LogP contribution in [0.5, 0.6) is 11.5 Å². The van der Waals surface area contributed by atoms with Crippen LogP contribution in [0.3, 0.4) is 0 Å². The lowest BCUT2D eigenvalue weighted by molar-refractivity contribution is -0.114. The fraction of sp³-hybridized carbons (Fsp3) is 0.364. The lowest BCUT2D eigenvalue weighted by atomic mass is 10.1. The molecule has 1 amide bonds. The van der Waals surface area contributed by atoms with Crippen LogP contribution in [0.4, 0.5) is 5.69 Å². The molecule has 5 heteroatoms. The number of carbonyl (C=O) groups is 1. The van der Waals surface area contributed by atoms with Crippen molar-refractivity contribution < 1.29 is 14.3 Å². The maximum Gasteiger partial charge on any atom is 0.238 e. The van der Waals surface area contributed by atoms with Crippen LogP contribution in [-0.4, -0.2) is 26.7 Å². The number of ether oxygens (including phenoxy) is 2. The molecule has 0 heterocycles. The third kappa shape index (κ3) is 2.64. The molecule has 1 aromatic rings. The van der Waals surface area contributed by atoms with Gasteiger partial charge in [-0.2, -0.15) is 0 Å². The first-order chi connectivity index (χ1) is 7.62.